The molecule has 0 spiro atoms. The molecule has 0 saturated heterocycles. The Morgan fingerprint density at radius 1 is 0.488 bits per heavy atom. The van der Waals surface area contributed by atoms with Crippen molar-refractivity contribution in [1.82, 2.24) is 19.1 Å². The Bertz CT molecular complexity index is 1520. The van der Waals surface area contributed by atoms with Crippen molar-refractivity contribution < 1.29 is 16.8 Å². The summed E-state index contributed by atoms with van der Waals surface area (Å²) >= 11 is 0. The van der Waals surface area contributed by atoms with Gasteiger partial charge in [-0.15, -0.1) is 10.7 Å². The van der Waals surface area contributed by atoms with Crippen LogP contribution in [-0.4, -0.2) is 19.1 Å². The second-order valence-electron chi connectivity index (χ2n) is 8.72. The third-order valence-electron chi connectivity index (χ3n) is 6.06. The van der Waals surface area contributed by atoms with Gasteiger partial charge in [-0.05, 0) is 0 Å². The van der Waals surface area contributed by atoms with Crippen LogP contribution in [0.1, 0.15) is 0 Å². The zero-order valence-electron chi connectivity index (χ0n) is 23.4. The van der Waals surface area contributed by atoms with E-state index in [9.17, 15) is 0 Å². The molecule has 2 aromatic heterocycles. The number of hydrogen-bond donors (Lipinski definition) is 0. The fourth-order valence-electron chi connectivity index (χ4n) is 4.35. The van der Waals surface area contributed by atoms with Crippen molar-refractivity contribution in [3.8, 4) is 45.0 Å². The first kappa shape index (κ1) is 33.8. The summed E-state index contributed by atoms with van der Waals surface area (Å²) < 4.78 is 4.13. The van der Waals surface area contributed by atoms with Gasteiger partial charge in [-0.25, -0.2) is 9.97 Å². The molecule has 10 nitrogen and oxygen atoms in total. The van der Waals surface area contributed by atoms with Gasteiger partial charge in [0.25, 0.3) is 0 Å². The molecule has 0 N–H and O–H groups in total. The first-order valence-corrected chi connectivity index (χ1v) is 12.7. The topological polar surface area (TPSA) is 141 Å². The first-order valence-electron chi connectivity index (χ1n) is 12.7. The fourth-order valence-corrected chi connectivity index (χ4v) is 4.35. The molecule has 219 valence electrons. The quantitative estimate of drug-likeness (QED) is 0.145. The van der Waals surface area contributed by atoms with Gasteiger partial charge >= 0.3 is 16.8 Å². The fraction of sp³-hybridized carbons (Fsp3) is 0.0625. The molecule has 6 aromatic rings. The molecule has 0 atom stereocenters. The standard InChI is InChI=1S/2C16H14N2.Co.2HNO2/c2*1-18-12-17-15(13-8-4-2-5-9-13)16(18)14-10-6-3-7-11-14;;2*2-1-3/h2*2-12H,1H3;;2*(H,2,3)/q;;+2;;/p-2. The average Bonchev–Trinajstić information content (AvgIpc) is 3.62. The molecule has 0 unspecified atom stereocenters. The van der Waals surface area contributed by atoms with Crippen LogP contribution in [0.15, 0.2) is 145 Å². The monoisotopic (exact) mass is 619 g/mol. The molecule has 0 amide bonds. The molecule has 43 heavy (non-hydrogen) atoms. The van der Waals surface area contributed by atoms with Crippen molar-refractivity contribution >= 4 is 0 Å². The van der Waals surface area contributed by atoms with Gasteiger partial charge in [0, 0.05) is 36.3 Å². The van der Waals surface area contributed by atoms with Crippen molar-refractivity contribution in [1.29, 1.82) is 0 Å². The van der Waals surface area contributed by atoms with Crippen molar-refractivity contribution in [3.05, 3.63) is 154 Å². The van der Waals surface area contributed by atoms with Crippen LogP contribution in [-0.2, 0) is 30.9 Å². The molecule has 0 saturated carbocycles. The van der Waals surface area contributed by atoms with Gasteiger partial charge in [0.1, 0.15) is 0 Å². The van der Waals surface area contributed by atoms with Crippen molar-refractivity contribution in [2.24, 2.45) is 24.8 Å². The van der Waals surface area contributed by atoms with Crippen LogP contribution < -0.4 is 0 Å². The SMILES string of the molecule is Cn1cnc(-c2ccccc2)c1-c1ccccc1.Cn1cnc(-c2ccccc2)c1-c1ccccc1.O=N[O-].O=N[O-].[Co+2]. The van der Waals surface area contributed by atoms with E-state index in [0.717, 1.165) is 44.6 Å². The summed E-state index contributed by atoms with van der Waals surface area (Å²) in [6, 6.07) is 41.3. The van der Waals surface area contributed by atoms with Crippen molar-refractivity contribution in [2.75, 3.05) is 0 Å². The van der Waals surface area contributed by atoms with Gasteiger partial charge in [0.2, 0.25) is 0 Å². The zero-order chi connectivity index (χ0) is 30.2. The number of aromatic nitrogens is 4. The minimum atomic E-state index is 0. The summed E-state index contributed by atoms with van der Waals surface area (Å²) in [5, 5.41) is 18.0. The molecule has 0 aliphatic heterocycles. The third-order valence-corrected chi connectivity index (χ3v) is 6.06. The predicted octanol–water partition coefficient (Wildman–Crippen LogP) is 8.01. The molecule has 11 heteroatoms. The van der Waals surface area contributed by atoms with E-state index in [-0.39, 0.29) is 16.8 Å². The predicted molar refractivity (Wildman–Crippen MR) is 166 cm³/mol. The first-order chi connectivity index (χ1) is 20.5. The van der Waals surface area contributed by atoms with Crippen molar-refractivity contribution in [3.63, 3.8) is 0 Å². The largest absolute Gasteiger partial charge is 2.00 e. The second kappa shape index (κ2) is 18.1. The van der Waals surface area contributed by atoms with Crippen LogP contribution in [0.3, 0.4) is 0 Å². The van der Waals surface area contributed by atoms with Crippen molar-refractivity contribution in [2.45, 2.75) is 0 Å². The maximum Gasteiger partial charge on any atom is 2.00 e. The van der Waals surface area contributed by atoms with Gasteiger partial charge in [-0.2, -0.15) is 0 Å². The van der Waals surface area contributed by atoms with Crippen LogP contribution in [0, 0.1) is 20.2 Å². The van der Waals surface area contributed by atoms with Gasteiger partial charge in [0.15, 0.2) is 0 Å². The Balaban J connectivity index is 0.000000249. The van der Waals surface area contributed by atoms with Gasteiger partial charge in [-0.3, -0.25) is 0 Å². The van der Waals surface area contributed by atoms with Crippen LogP contribution in [0.25, 0.3) is 45.0 Å². The smallest absolute Gasteiger partial charge is 0.444 e. The van der Waals surface area contributed by atoms with Gasteiger partial charge in [0.05, 0.1) is 35.4 Å². The van der Waals surface area contributed by atoms with E-state index in [0.29, 0.717) is 0 Å². The van der Waals surface area contributed by atoms with Gasteiger partial charge < -0.3 is 29.4 Å². The van der Waals surface area contributed by atoms with Crippen LogP contribution in [0.2, 0.25) is 0 Å². The second-order valence-corrected chi connectivity index (χ2v) is 8.72. The zero-order valence-corrected chi connectivity index (χ0v) is 24.4. The van der Waals surface area contributed by atoms with E-state index in [1.54, 1.807) is 0 Å². The van der Waals surface area contributed by atoms with Crippen LogP contribution in [0.5, 0.6) is 0 Å². The maximum absolute atomic E-state index is 8.00. The van der Waals surface area contributed by atoms with E-state index in [2.05, 4.69) is 91.9 Å². The van der Waals surface area contributed by atoms with Crippen LogP contribution in [0.4, 0.5) is 0 Å². The van der Waals surface area contributed by atoms with E-state index < -0.39 is 0 Å². The Labute approximate surface area is 259 Å². The van der Waals surface area contributed by atoms with Gasteiger partial charge in [-0.1, -0.05) is 121 Å². The summed E-state index contributed by atoms with van der Waals surface area (Å²) in [4.78, 5) is 25.1. The molecule has 4 aromatic carbocycles. The average molecular weight is 620 g/mol. The summed E-state index contributed by atoms with van der Waals surface area (Å²) in [6.07, 6.45) is 3.73. The summed E-state index contributed by atoms with van der Waals surface area (Å²) in [7, 11) is 4.06. The number of aryl methyl sites for hydroxylation is 2. The number of nitrogens with zero attached hydrogens (tertiary/aromatic N) is 6. The molecule has 0 aliphatic carbocycles. The van der Waals surface area contributed by atoms with E-state index >= 15 is 0 Å². The Morgan fingerprint density at radius 2 is 0.721 bits per heavy atom. The number of imidazole rings is 2. The number of hydrogen-bond acceptors (Lipinski definition) is 8. The molecule has 0 fully saturated rings. The van der Waals surface area contributed by atoms with Crippen LogP contribution >= 0.6 is 0 Å². The summed E-state index contributed by atoms with van der Waals surface area (Å²) in [5.41, 5.74) is 9.05. The Kier molecular flexibility index (Phi) is 14.2. The molecule has 1 radical (unpaired) electrons. The number of rotatable bonds is 4. The Hall–Kier alpha value is -5.39. The minimum Gasteiger partial charge on any atom is -0.444 e. The summed E-state index contributed by atoms with van der Waals surface area (Å²) in [5.74, 6) is 0. The molecule has 0 aliphatic rings. The maximum atomic E-state index is 8.00. The third kappa shape index (κ3) is 9.31. The van der Waals surface area contributed by atoms with E-state index in [1.807, 2.05) is 75.3 Å². The minimum absolute atomic E-state index is 0. The molecular weight excluding hydrogens is 591 g/mol. The molecule has 0 bridgehead atoms. The van der Waals surface area contributed by atoms with E-state index in [4.69, 9.17) is 20.2 Å². The normalized spacial score (nSPS) is 9.35. The molecule has 6 rings (SSSR count). The number of benzene rings is 4. The molecule has 2 heterocycles. The van der Waals surface area contributed by atoms with E-state index in [1.165, 1.54) is 11.1 Å². The molecular formula is C32H28CoN6O4. The Morgan fingerprint density at radius 3 is 0.977 bits per heavy atom. The summed E-state index contributed by atoms with van der Waals surface area (Å²) in [6.45, 7) is 0.